The van der Waals surface area contributed by atoms with Crippen molar-refractivity contribution in [1.82, 2.24) is 15.0 Å². The molecule has 1 aliphatic heterocycles. The summed E-state index contributed by atoms with van der Waals surface area (Å²) in [6, 6.07) is 7.10. The number of amides is 1. The smallest absolute Gasteiger partial charge is 0.308 e. The number of likely N-dealkylation sites (tertiary alicyclic amines) is 1. The summed E-state index contributed by atoms with van der Waals surface area (Å²) in [6.45, 7) is 0.843. The average molecular weight is 390 g/mol. The number of carbonyl (C=O) groups is 2. The number of hydrogen-bond acceptors (Lipinski definition) is 5. The van der Waals surface area contributed by atoms with Crippen molar-refractivity contribution in [3.8, 4) is 11.4 Å². The second-order valence-electron chi connectivity index (χ2n) is 7.26. The number of nitrogens with zero attached hydrogens (tertiary/aromatic N) is 3. The van der Waals surface area contributed by atoms with E-state index in [2.05, 4.69) is 10.1 Å². The minimum absolute atomic E-state index is 0.0596. The fourth-order valence-electron chi connectivity index (χ4n) is 3.74. The number of rotatable bonds is 6. The number of benzene rings is 1. The van der Waals surface area contributed by atoms with Crippen molar-refractivity contribution in [1.29, 1.82) is 0 Å². The molecule has 1 amide bonds. The fraction of sp³-hybridized carbons (Fsp3) is 0.474. The summed E-state index contributed by atoms with van der Waals surface area (Å²) in [5.74, 6) is 0.0906. The average Bonchev–Trinajstić information content (AvgIpc) is 3.22. The number of aryl methyl sites for hydroxylation is 1. The Kier molecular flexibility index (Phi) is 4.86. The highest BCUT2D eigenvalue weighted by atomic mass is 35.5. The summed E-state index contributed by atoms with van der Waals surface area (Å²) in [5.41, 5.74) is 0.789. The van der Waals surface area contributed by atoms with E-state index in [1.807, 2.05) is 0 Å². The lowest BCUT2D eigenvalue weighted by molar-refractivity contribution is -0.142. The molecule has 1 aromatic heterocycles. The van der Waals surface area contributed by atoms with Crippen LogP contribution in [0, 0.1) is 17.8 Å². The molecule has 4 rings (SSSR count). The van der Waals surface area contributed by atoms with Gasteiger partial charge in [0.25, 0.3) is 0 Å². The zero-order valence-corrected chi connectivity index (χ0v) is 15.4. The monoisotopic (exact) mass is 389 g/mol. The Hall–Kier alpha value is -2.41. The molecule has 2 aliphatic rings. The molecule has 0 spiro atoms. The highest BCUT2D eigenvalue weighted by Gasteiger charge is 2.46. The Morgan fingerprint density at radius 2 is 1.96 bits per heavy atom. The van der Waals surface area contributed by atoms with Crippen LogP contribution in [0.2, 0.25) is 5.02 Å². The molecule has 1 aliphatic carbocycles. The van der Waals surface area contributed by atoms with Crippen molar-refractivity contribution < 1.29 is 19.2 Å². The van der Waals surface area contributed by atoms with Gasteiger partial charge in [0, 0.05) is 36.5 Å². The molecule has 0 bridgehead atoms. The van der Waals surface area contributed by atoms with Crippen LogP contribution in [-0.2, 0) is 16.0 Å². The van der Waals surface area contributed by atoms with Crippen molar-refractivity contribution >= 4 is 23.5 Å². The van der Waals surface area contributed by atoms with E-state index in [1.54, 1.807) is 29.2 Å². The molecule has 1 N–H and O–H groups in total. The van der Waals surface area contributed by atoms with Gasteiger partial charge in [-0.1, -0.05) is 16.8 Å². The van der Waals surface area contributed by atoms with Crippen molar-refractivity contribution in [2.24, 2.45) is 17.8 Å². The second kappa shape index (κ2) is 7.31. The summed E-state index contributed by atoms with van der Waals surface area (Å²) < 4.78 is 5.23. The first kappa shape index (κ1) is 18.0. The number of aliphatic carboxylic acids is 1. The summed E-state index contributed by atoms with van der Waals surface area (Å²) in [4.78, 5) is 30.0. The van der Waals surface area contributed by atoms with E-state index in [-0.39, 0.29) is 18.2 Å². The van der Waals surface area contributed by atoms with Crippen molar-refractivity contribution in [3.63, 3.8) is 0 Å². The zero-order valence-electron chi connectivity index (χ0n) is 14.7. The Labute approximate surface area is 161 Å². The molecule has 1 saturated heterocycles. The van der Waals surface area contributed by atoms with Crippen molar-refractivity contribution in [2.75, 3.05) is 13.1 Å². The summed E-state index contributed by atoms with van der Waals surface area (Å²) in [5, 5.41) is 14.0. The first-order valence-corrected chi connectivity index (χ1v) is 9.48. The van der Waals surface area contributed by atoms with Crippen molar-refractivity contribution in [3.05, 3.63) is 35.2 Å². The number of aromatic nitrogens is 2. The van der Waals surface area contributed by atoms with Crippen molar-refractivity contribution in [2.45, 2.75) is 25.7 Å². The molecule has 2 heterocycles. The molecular formula is C19H20ClN3O4. The first-order valence-electron chi connectivity index (χ1n) is 9.10. The lowest BCUT2D eigenvalue weighted by Crippen LogP contribution is -2.30. The minimum atomic E-state index is -0.799. The van der Waals surface area contributed by atoms with Gasteiger partial charge < -0.3 is 14.5 Å². The molecule has 2 aromatic rings. The van der Waals surface area contributed by atoms with Gasteiger partial charge in [0.05, 0.1) is 5.92 Å². The zero-order chi connectivity index (χ0) is 19.0. The molecular weight excluding hydrogens is 370 g/mol. The maximum atomic E-state index is 12.5. The Bertz CT molecular complexity index is 847. The quantitative estimate of drug-likeness (QED) is 0.815. The van der Waals surface area contributed by atoms with E-state index in [4.69, 9.17) is 16.1 Å². The predicted molar refractivity (Wildman–Crippen MR) is 97.0 cm³/mol. The maximum absolute atomic E-state index is 12.5. The number of hydrogen-bond donors (Lipinski definition) is 1. The number of carboxylic acids is 1. The Balaban J connectivity index is 1.34. The van der Waals surface area contributed by atoms with Crippen LogP contribution >= 0.6 is 11.6 Å². The normalized spacial score (nSPS) is 22.2. The lowest BCUT2D eigenvalue weighted by atomic mass is 9.92. The van der Waals surface area contributed by atoms with Gasteiger partial charge in [0.2, 0.25) is 17.6 Å². The molecule has 2 fully saturated rings. The van der Waals surface area contributed by atoms with Crippen LogP contribution in [0.25, 0.3) is 11.4 Å². The molecule has 1 saturated carbocycles. The van der Waals surface area contributed by atoms with E-state index in [1.165, 1.54) is 0 Å². The highest BCUT2D eigenvalue weighted by molar-refractivity contribution is 6.30. The van der Waals surface area contributed by atoms with Crippen LogP contribution in [0.1, 0.15) is 25.2 Å². The molecule has 7 nitrogen and oxygen atoms in total. The Morgan fingerprint density at radius 1 is 1.22 bits per heavy atom. The van der Waals surface area contributed by atoms with Gasteiger partial charge in [0.1, 0.15) is 0 Å². The predicted octanol–water partition coefficient (Wildman–Crippen LogP) is 2.89. The largest absolute Gasteiger partial charge is 0.481 e. The summed E-state index contributed by atoms with van der Waals surface area (Å²) in [6.07, 6.45) is 2.71. The van der Waals surface area contributed by atoms with Crippen LogP contribution in [0.3, 0.4) is 0 Å². The molecule has 1 aromatic carbocycles. The molecule has 2 atom stereocenters. The SMILES string of the molecule is O=C(O)[C@H]1CN(C(=O)CCc2nc(-c3ccc(Cl)cc3)no2)C[C@@H]1C1CC1. The van der Waals surface area contributed by atoms with E-state index in [9.17, 15) is 14.7 Å². The van der Waals surface area contributed by atoms with Crippen LogP contribution in [0.4, 0.5) is 0 Å². The van der Waals surface area contributed by atoms with Crippen LogP contribution in [0.15, 0.2) is 28.8 Å². The van der Waals surface area contributed by atoms with Gasteiger partial charge in [-0.05, 0) is 48.9 Å². The van der Waals surface area contributed by atoms with E-state index in [0.717, 1.165) is 18.4 Å². The second-order valence-corrected chi connectivity index (χ2v) is 7.70. The van der Waals surface area contributed by atoms with Gasteiger partial charge in [-0.25, -0.2) is 0 Å². The molecule has 8 heteroatoms. The Morgan fingerprint density at radius 3 is 2.63 bits per heavy atom. The molecule has 27 heavy (non-hydrogen) atoms. The third kappa shape index (κ3) is 3.98. The molecule has 0 radical (unpaired) electrons. The minimum Gasteiger partial charge on any atom is -0.481 e. The fourth-order valence-corrected chi connectivity index (χ4v) is 3.87. The van der Waals surface area contributed by atoms with Crippen LogP contribution in [0.5, 0.6) is 0 Å². The lowest BCUT2D eigenvalue weighted by Gasteiger charge is -2.15. The van der Waals surface area contributed by atoms with Gasteiger partial charge in [-0.2, -0.15) is 4.98 Å². The van der Waals surface area contributed by atoms with E-state index in [0.29, 0.717) is 42.2 Å². The van der Waals surface area contributed by atoms with Gasteiger partial charge in [0.15, 0.2) is 0 Å². The number of halogens is 1. The molecule has 0 unspecified atom stereocenters. The number of carboxylic acid groups (broad SMARTS) is 1. The van der Waals surface area contributed by atoms with Gasteiger partial charge in [-0.15, -0.1) is 0 Å². The summed E-state index contributed by atoms with van der Waals surface area (Å²) in [7, 11) is 0. The molecule has 142 valence electrons. The first-order chi connectivity index (χ1) is 13.0. The third-order valence-corrected chi connectivity index (χ3v) is 5.64. The van der Waals surface area contributed by atoms with Gasteiger partial charge in [-0.3, -0.25) is 9.59 Å². The standard InChI is InChI=1S/C19H20ClN3O4/c20-13-5-3-12(4-6-13)18-21-16(27-22-18)7-8-17(24)23-9-14(11-1-2-11)15(10-23)19(25)26/h3-6,11,14-15H,1-2,7-10H2,(H,25,26)/t14-,15+/m1/s1. The topological polar surface area (TPSA) is 96.5 Å². The third-order valence-electron chi connectivity index (χ3n) is 5.39. The van der Waals surface area contributed by atoms with E-state index < -0.39 is 11.9 Å². The summed E-state index contributed by atoms with van der Waals surface area (Å²) >= 11 is 5.87. The highest BCUT2D eigenvalue weighted by Crippen LogP contribution is 2.44. The van der Waals surface area contributed by atoms with Crippen LogP contribution in [-0.4, -0.2) is 45.1 Å². The number of carbonyl (C=O) groups excluding carboxylic acids is 1. The van der Waals surface area contributed by atoms with Crippen LogP contribution < -0.4 is 0 Å². The maximum Gasteiger partial charge on any atom is 0.308 e. The van der Waals surface area contributed by atoms with E-state index >= 15 is 0 Å². The van der Waals surface area contributed by atoms with Gasteiger partial charge >= 0.3 is 5.97 Å².